The normalized spacial score (nSPS) is 22.2. The molecule has 0 heterocycles. The molecule has 22 heavy (non-hydrogen) atoms. The van der Waals surface area contributed by atoms with Crippen LogP contribution in [0.5, 0.6) is 0 Å². The molecule has 116 valence electrons. The smallest absolute Gasteiger partial charge is 0.0912 e. The van der Waals surface area contributed by atoms with Gasteiger partial charge in [-0.05, 0) is 61.5 Å². The summed E-state index contributed by atoms with van der Waals surface area (Å²) < 4.78 is 0. The molecule has 0 amide bonds. The van der Waals surface area contributed by atoms with Gasteiger partial charge in [0.1, 0.15) is 0 Å². The number of unbranched alkanes of at least 4 members (excludes halogenated alkanes) is 1. The van der Waals surface area contributed by atoms with Gasteiger partial charge in [0.15, 0.2) is 0 Å². The summed E-state index contributed by atoms with van der Waals surface area (Å²) in [7, 11) is 0. The second kappa shape index (κ2) is 9.26. The van der Waals surface area contributed by atoms with Gasteiger partial charge in [-0.1, -0.05) is 55.8 Å². The molecule has 1 heteroatoms. The Bertz CT molecular complexity index is 522. The molecule has 1 fully saturated rings. The van der Waals surface area contributed by atoms with E-state index in [1.165, 1.54) is 62.1 Å². The first-order valence-electron chi connectivity index (χ1n) is 8.65. The minimum Gasteiger partial charge on any atom is -0.193 e. The van der Waals surface area contributed by atoms with Crippen LogP contribution in [0.1, 0.15) is 62.5 Å². The van der Waals surface area contributed by atoms with Crippen LogP contribution in [0.4, 0.5) is 0 Å². The molecule has 1 aliphatic carbocycles. The van der Waals surface area contributed by atoms with Crippen molar-refractivity contribution in [2.75, 3.05) is 0 Å². The van der Waals surface area contributed by atoms with Gasteiger partial charge < -0.3 is 0 Å². The number of allylic oxidation sites excluding steroid dienone is 4. The Morgan fingerprint density at radius 1 is 1.09 bits per heavy atom. The molecule has 2 rings (SSSR count). The number of nitriles is 1. The molecule has 1 aromatic rings. The Hall–Kier alpha value is -1.81. The van der Waals surface area contributed by atoms with Crippen molar-refractivity contribution in [2.24, 2.45) is 5.92 Å². The van der Waals surface area contributed by atoms with Crippen LogP contribution in [-0.2, 0) is 6.42 Å². The van der Waals surface area contributed by atoms with E-state index in [0.717, 1.165) is 5.92 Å². The fraction of sp³-hybridized carbons (Fsp3) is 0.476. The molecule has 1 aromatic carbocycles. The first-order chi connectivity index (χ1) is 10.8. The van der Waals surface area contributed by atoms with Crippen LogP contribution >= 0.6 is 0 Å². The lowest BCUT2D eigenvalue weighted by molar-refractivity contribution is 0.376. The van der Waals surface area contributed by atoms with Crippen LogP contribution in [0.25, 0.3) is 0 Å². The van der Waals surface area contributed by atoms with Gasteiger partial charge in [-0.25, -0.2) is 0 Å². The minimum atomic E-state index is 0.684. The third-order valence-corrected chi connectivity index (χ3v) is 4.71. The fourth-order valence-corrected chi connectivity index (χ4v) is 3.30. The van der Waals surface area contributed by atoms with Gasteiger partial charge in [0.25, 0.3) is 0 Å². The zero-order valence-corrected chi connectivity index (χ0v) is 13.7. The van der Waals surface area contributed by atoms with Gasteiger partial charge >= 0.3 is 0 Å². The van der Waals surface area contributed by atoms with Gasteiger partial charge in [-0.2, -0.15) is 5.26 Å². The van der Waals surface area contributed by atoms with E-state index < -0.39 is 0 Å². The molecular formula is C21H27N. The van der Waals surface area contributed by atoms with Gasteiger partial charge in [0, 0.05) is 6.08 Å². The second-order valence-corrected chi connectivity index (χ2v) is 6.33. The Kier molecular flexibility index (Phi) is 6.97. The summed E-state index contributed by atoms with van der Waals surface area (Å²) in [5.74, 6) is 1.42. The largest absolute Gasteiger partial charge is 0.193 e. The van der Waals surface area contributed by atoms with Gasteiger partial charge in [-0.15, -0.1) is 0 Å². The number of rotatable bonds is 6. The zero-order chi connectivity index (χ0) is 15.6. The third kappa shape index (κ3) is 5.19. The molecule has 0 N–H and O–H groups in total. The van der Waals surface area contributed by atoms with Crippen molar-refractivity contribution >= 4 is 0 Å². The lowest BCUT2D eigenvalue weighted by Crippen LogP contribution is -2.11. The number of hydrogen-bond acceptors (Lipinski definition) is 1. The van der Waals surface area contributed by atoms with Crippen LogP contribution in [0.15, 0.2) is 48.6 Å². The van der Waals surface area contributed by atoms with E-state index >= 15 is 0 Å². The quantitative estimate of drug-likeness (QED) is 0.470. The van der Waals surface area contributed by atoms with E-state index in [1.807, 2.05) is 18.2 Å². The fourth-order valence-electron chi connectivity index (χ4n) is 3.30. The highest BCUT2D eigenvalue weighted by molar-refractivity contribution is 5.26. The SMILES string of the molecule is CCCCc1ccc([C@H]2CC[C@H](/C=C/C=C/C#N)CC2)cc1. The van der Waals surface area contributed by atoms with Crippen molar-refractivity contribution in [1.82, 2.24) is 0 Å². The van der Waals surface area contributed by atoms with Crippen molar-refractivity contribution in [3.8, 4) is 6.07 Å². The average Bonchev–Trinajstić information content (AvgIpc) is 2.58. The van der Waals surface area contributed by atoms with Crippen molar-refractivity contribution < 1.29 is 0 Å². The lowest BCUT2D eigenvalue weighted by atomic mass is 9.78. The molecule has 0 aromatic heterocycles. The second-order valence-electron chi connectivity index (χ2n) is 6.33. The summed E-state index contributed by atoms with van der Waals surface area (Å²) in [6.07, 6.45) is 16.5. The Labute approximate surface area is 135 Å². The van der Waals surface area contributed by atoms with Crippen LogP contribution in [0, 0.1) is 17.2 Å². The molecule has 0 bridgehead atoms. The average molecular weight is 293 g/mol. The third-order valence-electron chi connectivity index (χ3n) is 4.71. The molecule has 1 saturated carbocycles. The van der Waals surface area contributed by atoms with Crippen molar-refractivity contribution in [2.45, 2.75) is 57.8 Å². The number of nitrogens with zero attached hydrogens (tertiary/aromatic N) is 1. The van der Waals surface area contributed by atoms with Crippen LogP contribution in [0.3, 0.4) is 0 Å². The molecule has 0 radical (unpaired) electrons. The van der Waals surface area contributed by atoms with Crippen molar-refractivity contribution in [3.63, 3.8) is 0 Å². The Morgan fingerprint density at radius 2 is 1.82 bits per heavy atom. The molecule has 0 unspecified atom stereocenters. The maximum absolute atomic E-state index is 8.46. The number of aryl methyl sites for hydroxylation is 1. The molecular weight excluding hydrogens is 266 g/mol. The molecule has 1 aliphatic rings. The van der Waals surface area contributed by atoms with E-state index in [2.05, 4.69) is 37.3 Å². The van der Waals surface area contributed by atoms with E-state index in [4.69, 9.17) is 5.26 Å². The predicted molar refractivity (Wildman–Crippen MR) is 93.6 cm³/mol. The van der Waals surface area contributed by atoms with Gasteiger partial charge in [-0.3, -0.25) is 0 Å². The maximum Gasteiger partial charge on any atom is 0.0912 e. The molecule has 0 atom stereocenters. The maximum atomic E-state index is 8.46. The summed E-state index contributed by atoms with van der Waals surface area (Å²) in [4.78, 5) is 0. The highest BCUT2D eigenvalue weighted by atomic mass is 14.3. The number of hydrogen-bond donors (Lipinski definition) is 0. The van der Waals surface area contributed by atoms with Gasteiger partial charge in [0.05, 0.1) is 6.07 Å². The summed E-state index contributed by atoms with van der Waals surface area (Å²) in [5.41, 5.74) is 3.00. The van der Waals surface area contributed by atoms with Crippen LogP contribution in [-0.4, -0.2) is 0 Å². The highest BCUT2D eigenvalue weighted by Gasteiger charge is 2.20. The predicted octanol–water partition coefficient (Wildman–Crippen LogP) is 5.94. The molecule has 0 saturated heterocycles. The van der Waals surface area contributed by atoms with Crippen LogP contribution < -0.4 is 0 Å². The number of benzene rings is 1. The van der Waals surface area contributed by atoms with E-state index in [1.54, 1.807) is 0 Å². The highest BCUT2D eigenvalue weighted by Crippen LogP contribution is 2.36. The first-order valence-corrected chi connectivity index (χ1v) is 8.65. The van der Waals surface area contributed by atoms with Crippen molar-refractivity contribution in [1.29, 1.82) is 5.26 Å². The summed E-state index contributed by atoms with van der Waals surface area (Å²) >= 11 is 0. The van der Waals surface area contributed by atoms with E-state index in [0.29, 0.717) is 5.92 Å². The lowest BCUT2D eigenvalue weighted by Gasteiger charge is -2.27. The zero-order valence-electron chi connectivity index (χ0n) is 13.7. The van der Waals surface area contributed by atoms with Gasteiger partial charge in [0.2, 0.25) is 0 Å². The Morgan fingerprint density at radius 3 is 2.45 bits per heavy atom. The topological polar surface area (TPSA) is 23.8 Å². The minimum absolute atomic E-state index is 0.684. The summed E-state index contributed by atoms with van der Waals surface area (Å²) in [6.45, 7) is 2.25. The summed E-state index contributed by atoms with van der Waals surface area (Å²) in [5, 5.41) is 8.46. The molecule has 1 nitrogen and oxygen atoms in total. The first kappa shape index (κ1) is 16.6. The summed E-state index contributed by atoms with van der Waals surface area (Å²) in [6, 6.07) is 11.4. The van der Waals surface area contributed by atoms with Crippen LogP contribution in [0.2, 0.25) is 0 Å². The molecule has 0 spiro atoms. The van der Waals surface area contributed by atoms with E-state index in [9.17, 15) is 0 Å². The van der Waals surface area contributed by atoms with E-state index in [-0.39, 0.29) is 0 Å². The molecule has 0 aliphatic heterocycles. The standard InChI is InChI=1S/C21H27N/c1-2-3-7-18-9-13-20(14-10-18)21-15-11-19(12-16-21)8-5-4-6-17-22/h4-6,8-10,13-14,19,21H,2-3,7,11-12,15-16H2,1H3/b6-4+,8-5+/t19-,21-. The monoisotopic (exact) mass is 293 g/mol. The Balaban J connectivity index is 1.82. The van der Waals surface area contributed by atoms with Crippen molar-refractivity contribution in [3.05, 3.63) is 59.7 Å².